The van der Waals surface area contributed by atoms with Crippen LogP contribution in [0.5, 0.6) is 0 Å². The molecule has 1 amide bonds. The van der Waals surface area contributed by atoms with Crippen LogP contribution in [0.25, 0.3) is 0 Å². The van der Waals surface area contributed by atoms with E-state index >= 15 is 0 Å². The van der Waals surface area contributed by atoms with Crippen LogP contribution in [0.2, 0.25) is 0 Å². The molecule has 0 saturated heterocycles. The lowest BCUT2D eigenvalue weighted by Crippen LogP contribution is -2.11. The van der Waals surface area contributed by atoms with Crippen LogP contribution >= 0.6 is 0 Å². The molecule has 0 aliphatic rings. The molecule has 1 heterocycles. The van der Waals surface area contributed by atoms with Crippen molar-refractivity contribution in [3.05, 3.63) is 48.2 Å². The van der Waals surface area contributed by atoms with Crippen molar-refractivity contribution in [2.24, 2.45) is 0 Å². The number of nitrogens with zero attached hydrogens (tertiary/aromatic N) is 1. The van der Waals surface area contributed by atoms with Crippen LogP contribution in [0.1, 0.15) is 0 Å². The highest BCUT2D eigenvalue weighted by Gasteiger charge is 2.05. The Kier molecular flexibility index (Phi) is 4.09. The first kappa shape index (κ1) is 13.7. The Labute approximate surface area is 113 Å². The van der Waals surface area contributed by atoms with Crippen LogP contribution in [0.15, 0.2) is 36.5 Å². The predicted octanol–water partition coefficient (Wildman–Crippen LogP) is 3.28. The molecule has 0 fully saturated rings. The fourth-order valence-electron chi connectivity index (χ4n) is 1.44. The molecule has 20 heavy (non-hydrogen) atoms. The van der Waals surface area contributed by atoms with Gasteiger partial charge in [0.2, 0.25) is 0 Å². The molecule has 2 N–H and O–H groups in total. The number of anilines is 3. The van der Waals surface area contributed by atoms with E-state index in [0.29, 0.717) is 11.5 Å². The van der Waals surface area contributed by atoms with Crippen LogP contribution in [-0.4, -0.2) is 18.2 Å². The van der Waals surface area contributed by atoms with E-state index in [1.807, 2.05) is 0 Å². The smallest absolute Gasteiger partial charge is 0.412 e. The SMILES string of the molecule is COC(=O)Nc1ccc(Nc2ccc(F)cc2F)cn1. The first-order valence-corrected chi connectivity index (χ1v) is 5.61. The van der Waals surface area contributed by atoms with Crippen LogP contribution < -0.4 is 10.6 Å². The normalized spacial score (nSPS) is 9.95. The number of aromatic nitrogens is 1. The van der Waals surface area contributed by atoms with Gasteiger partial charge in [0.25, 0.3) is 0 Å². The molecule has 0 unspecified atom stereocenters. The van der Waals surface area contributed by atoms with Gasteiger partial charge in [0.1, 0.15) is 17.5 Å². The van der Waals surface area contributed by atoms with Crippen LogP contribution in [0, 0.1) is 11.6 Å². The van der Waals surface area contributed by atoms with Gasteiger partial charge in [-0.05, 0) is 24.3 Å². The fourth-order valence-corrected chi connectivity index (χ4v) is 1.44. The van der Waals surface area contributed by atoms with Crippen molar-refractivity contribution >= 4 is 23.3 Å². The molecule has 0 radical (unpaired) electrons. The Morgan fingerprint density at radius 3 is 2.65 bits per heavy atom. The Morgan fingerprint density at radius 2 is 2.05 bits per heavy atom. The largest absolute Gasteiger partial charge is 0.453 e. The van der Waals surface area contributed by atoms with Gasteiger partial charge in [0.15, 0.2) is 0 Å². The number of pyridine rings is 1. The van der Waals surface area contributed by atoms with Gasteiger partial charge in [-0.3, -0.25) is 5.32 Å². The van der Waals surface area contributed by atoms with E-state index in [4.69, 9.17) is 0 Å². The monoisotopic (exact) mass is 279 g/mol. The summed E-state index contributed by atoms with van der Waals surface area (Å²) in [6.07, 6.45) is 0.761. The number of carbonyl (C=O) groups excluding carboxylic acids is 1. The molecule has 2 aromatic rings. The number of ether oxygens (including phenoxy) is 1. The minimum absolute atomic E-state index is 0.127. The van der Waals surface area contributed by atoms with Gasteiger partial charge in [-0.1, -0.05) is 0 Å². The maximum absolute atomic E-state index is 13.4. The lowest BCUT2D eigenvalue weighted by Gasteiger charge is -2.08. The van der Waals surface area contributed by atoms with Gasteiger partial charge in [0, 0.05) is 6.07 Å². The average molecular weight is 279 g/mol. The molecule has 1 aromatic carbocycles. The highest BCUT2D eigenvalue weighted by atomic mass is 19.1. The standard InChI is InChI=1S/C13H11F2N3O2/c1-20-13(19)18-12-5-3-9(7-16-12)17-11-4-2-8(14)6-10(11)15/h2-7,17H,1H3,(H,16,18,19). The van der Waals surface area contributed by atoms with Crippen LogP contribution in [0.3, 0.4) is 0 Å². The summed E-state index contributed by atoms with van der Waals surface area (Å²) < 4.78 is 30.6. The van der Waals surface area contributed by atoms with Crippen LogP contribution in [-0.2, 0) is 4.74 Å². The zero-order valence-electron chi connectivity index (χ0n) is 10.5. The number of halogens is 2. The third kappa shape index (κ3) is 3.41. The number of methoxy groups -OCH3 is 1. The van der Waals surface area contributed by atoms with Crippen LogP contribution in [0.4, 0.5) is 30.8 Å². The van der Waals surface area contributed by atoms with Gasteiger partial charge < -0.3 is 10.1 Å². The highest BCUT2D eigenvalue weighted by molar-refractivity contribution is 5.83. The van der Waals surface area contributed by atoms with Gasteiger partial charge in [0.05, 0.1) is 24.7 Å². The second kappa shape index (κ2) is 5.96. The lowest BCUT2D eigenvalue weighted by molar-refractivity contribution is 0.187. The first-order chi connectivity index (χ1) is 9.58. The van der Waals surface area contributed by atoms with E-state index in [1.165, 1.54) is 25.4 Å². The highest BCUT2D eigenvalue weighted by Crippen LogP contribution is 2.20. The maximum Gasteiger partial charge on any atom is 0.412 e. The van der Waals surface area contributed by atoms with Gasteiger partial charge in [-0.15, -0.1) is 0 Å². The number of hydrogen-bond acceptors (Lipinski definition) is 4. The van der Waals surface area contributed by atoms with Gasteiger partial charge in [-0.25, -0.2) is 18.6 Å². The fraction of sp³-hybridized carbons (Fsp3) is 0.0769. The molecule has 5 nitrogen and oxygen atoms in total. The molecule has 7 heteroatoms. The Bertz CT molecular complexity index is 618. The maximum atomic E-state index is 13.4. The molecular weight excluding hydrogens is 268 g/mol. The minimum Gasteiger partial charge on any atom is -0.453 e. The van der Waals surface area contributed by atoms with Crippen molar-refractivity contribution in [2.45, 2.75) is 0 Å². The topological polar surface area (TPSA) is 63.2 Å². The predicted molar refractivity (Wildman–Crippen MR) is 69.9 cm³/mol. The lowest BCUT2D eigenvalue weighted by atomic mass is 10.3. The molecule has 1 aromatic heterocycles. The van der Waals surface area contributed by atoms with Crippen molar-refractivity contribution in [3.8, 4) is 0 Å². The Hall–Kier alpha value is -2.70. The number of nitrogens with one attached hydrogen (secondary N) is 2. The number of amides is 1. The number of hydrogen-bond donors (Lipinski definition) is 2. The molecule has 0 saturated carbocycles. The Morgan fingerprint density at radius 1 is 1.25 bits per heavy atom. The molecular formula is C13H11F2N3O2. The van der Waals surface area contributed by atoms with E-state index in [0.717, 1.165) is 12.1 Å². The second-order valence-corrected chi connectivity index (χ2v) is 3.80. The molecule has 0 aliphatic carbocycles. The summed E-state index contributed by atoms with van der Waals surface area (Å²) >= 11 is 0. The van der Waals surface area contributed by atoms with E-state index < -0.39 is 17.7 Å². The summed E-state index contributed by atoms with van der Waals surface area (Å²) in [4.78, 5) is 14.9. The summed E-state index contributed by atoms with van der Waals surface area (Å²) in [5, 5.41) is 5.12. The molecule has 2 rings (SSSR count). The third-order valence-electron chi connectivity index (χ3n) is 2.39. The van der Waals surface area contributed by atoms with E-state index in [1.54, 1.807) is 6.07 Å². The minimum atomic E-state index is -0.707. The van der Waals surface area contributed by atoms with E-state index in [-0.39, 0.29) is 5.69 Å². The van der Waals surface area contributed by atoms with E-state index in [2.05, 4.69) is 20.4 Å². The number of carbonyl (C=O) groups is 1. The third-order valence-corrected chi connectivity index (χ3v) is 2.39. The second-order valence-electron chi connectivity index (χ2n) is 3.80. The van der Waals surface area contributed by atoms with Crippen molar-refractivity contribution < 1.29 is 18.3 Å². The van der Waals surface area contributed by atoms with Crippen molar-refractivity contribution in [2.75, 3.05) is 17.7 Å². The summed E-state index contributed by atoms with van der Waals surface area (Å²) in [7, 11) is 1.24. The summed E-state index contributed by atoms with van der Waals surface area (Å²) in [6.45, 7) is 0. The average Bonchev–Trinajstić information content (AvgIpc) is 2.44. The zero-order valence-corrected chi connectivity index (χ0v) is 10.5. The summed E-state index contributed by atoms with van der Waals surface area (Å²) in [6, 6.07) is 6.31. The summed E-state index contributed by atoms with van der Waals surface area (Å²) in [5.74, 6) is -1.06. The number of benzene rings is 1. The molecule has 0 aliphatic heterocycles. The molecule has 104 valence electrons. The first-order valence-electron chi connectivity index (χ1n) is 5.61. The zero-order chi connectivity index (χ0) is 14.5. The van der Waals surface area contributed by atoms with Crippen molar-refractivity contribution in [1.82, 2.24) is 4.98 Å². The quantitative estimate of drug-likeness (QED) is 0.905. The summed E-state index contributed by atoms with van der Waals surface area (Å²) in [5.41, 5.74) is 0.618. The molecule has 0 bridgehead atoms. The molecule has 0 spiro atoms. The number of rotatable bonds is 3. The van der Waals surface area contributed by atoms with Gasteiger partial charge in [-0.2, -0.15) is 0 Å². The molecule has 0 atom stereocenters. The van der Waals surface area contributed by atoms with Gasteiger partial charge >= 0.3 is 6.09 Å². The Balaban J connectivity index is 2.08. The van der Waals surface area contributed by atoms with Crippen molar-refractivity contribution in [3.63, 3.8) is 0 Å². The van der Waals surface area contributed by atoms with E-state index in [9.17, 15) is 13.6 Å². The van der Waals surface area contributed by atoms with Crippen molar-refractivity contribution in [1.29, 1.82) is 0 Å².